The van der Waals surface area contributed by atoms with E-state index >= 15 is 0 Å². The lowest BCUT2D eigenvalue weighted by Crippen LogP contribution is -2.33. The van der Waals surface area contributed by atoms with Crippen molar-refractivity contribution in [3.63, 3.8) is 0 Å². The van der Waals surface area contributed by atoms with Crippen molar-refractivity contribution in [3.8, 4) is 0 Å². The van der Waals surface area contributed by atoms with Crippen molar-refractivity contribution < 1.29 is 66.7 Å². The van der Waals surface area contributed by atoms with Gasteiger partial charge in [-0.3, -0.25) is 0 Å². The molecule has 0 aromatic heterocycles. The number of aliphatic hydroxyl groups excluding tert-OH is 1. The van der Waals surface area contributed by atoms with E-state index in [0.717, 1.165) is 0 Å². The minimum absolute atomic E-state index is 0.0338. The molecule has 0 aromatic rings. The molecule has 0 amide bonds. The van der Waals surface area contributed by atoms with Crippen LogP contribution in [0.1, 0.15) is 0 Å². The summed E-state index contributed by atoms with van der Waals surface area (Å²) in [5, 5.41) is 8.79. The lowest BCUT2D eigenvalue weighted by molar-refractivity contribution is -0.105. The van der Waals surface area contributed by atoms with Gasteiger partial charge < -0.3 is 66.7 Å². The Kier molecular flexibility index (Phi) is 29.1. The van der Waals surface area contributed by atoms with Crippen LogP contribution in [0.25, 0.3) is 0 Å². The Morgan fingerprint density at radius 3 is 0.756 bits per heavy atom. The summed E-state index contributed by atoms with van der Waals surface area (Å²) >= 11 is 0. The van der Waals surface area contributed by atoms with E-state index < -0.39 is 0 Å². The molecule has 0 saturated carbocycles. The van der Waals surface area contributed by atoms with Crippen LogP contribution in [0.4, 0.5) is 0 Å². The van der Waals surface area contributed by atoms with Gasteiger partial charge in [0.15, 0.2) is 0 Å². The van der Waals surface area contributed by atoms with Gasteiger partial charge in [0.1, 0.15) is 36.6 Å². The molecule has 0 spiro atoms. The highest BCUT2D eigenvalue weighted by Crippen LogP contribution is 2.03. The fourth-order valence-electron chi connectivity index (χ4n) is 3.23. The van der Waals surface area contributed by atoms with E-state index in [9.17, 15) is 0 Å². The molecule has 1 N–H and O–H groups in total. The zero-order valence-electron chi connectivity index (χ0n) is 26.1. The summed E-state index contributed by atoms with van der Waals surface area (Å²) in [5.74, 6) is 0. The van der Waals surface area contributed by atoms with Gasteiger partial charge in [-0.05, 0) is 0 Å². The lowest BCUT2D eigenvalue weighted by Gasteiger charge is -2.22. The normalized spacial score (nSPS) is 16.4. The van der Waals surface area contributed by atoms with Crippen LogP contribution in [0.3, 0.4) is 0 Å². The van der Waals surface area contributed by atoms with E-state index in [-0.39, 0.29) is 49.8 Å². The zero-order valence-corrected chi connectivity index (χ0v) is 26.1. The van der Waals surface area contributed by atoms with Crippen LogP contribution < -0.4 is 0 Å². The first-order chi connectivity index (χ1) is 20.0. The molecule has 14 nitrogen and oxygen atoms in total. The Morgan fingerprint density at radius 2 is 0.561 bits per heavy atom. The van der Waals surface area contributed by atoms with Gasteiger partial charge in [0.05, 0.1) is 92.5 Å². The molecule has 0 saturated heterocycles. The SMILES string of the molecule is COCC(COCC(COCC(COCC(COCC(COCC(COCCO)OC)OC)OC)OC)OC)OC. The molecule has 0 aliphatic carbocycles. The number of methoxy groups -OCH3 is 7. The van der Waals surface area contributed by atoms with E-state index in [2.05, 4.69) is 0 Å². The second-order valence-corrected chi connectivity index (χ2v) is 9.09. The van der Waals surface area contributed by atoms with E-state index in [4.69, 9.17) is 66.7 Å². The molecule has 0 radical (unpaired) electrons. The Balaban J connectivity index is 4.16. The third-order valence-electron chi connectivity index (χ3n) is 5.93. The minimum Gasteiger partial charge on any atom is -0.394 e. The van der Waals surface area contributed by atoms with Crippen LogP contribution in [0, 0.1) is 0 Å². The predicted molar refractivity (Wildman–Crippen MR) is 149 cm³/mol. The van der Waals surface area contributed by atoms with Gasteiger partial charge in [0.2, 0.25) is 0 Å². The molecule has 6 atom stereocenters. The summed E-state index contributed by atoms with van der Waals surface area (Å²) in [7, 11) is 11.2. The summed E-state index contributed by atoms with van der Waals surface area (Å²) in [5.41, 5.74) is 0. The van der Waals surface area contributed by atoms with Crippen LogP contribution >= 0.6 is 0 Å². The second-order valence-electron chi connectivity index (χ2n) is 9.09. The topological polar surface area (TPSA) is 140 Å². The molecule has 14 heteroatoms. The maximum absolute atomic E-state index is 8.79. The van der Waals surface area contributed by atoms with Crippen molar-refractivity contribution in [3.05, 3.63) is 0 Å². The Morgan fingerprint density at radius 1 is 0.341 bits per heavy atom. The van der Waals surface area contributed by atoms with Gasteiger partial charge in [-0.1, -0.05) is 0 Å². The third-order valence-corrected chi connectivity index (χ3v) is 5.93. The van der Waals surface area contributed by atoms with Gasteiger partial charge >= 0.3 is 0 Å². The summed E-state index contributed by atoms with van der Waals surface area (Å²) in [4.78, 5) is 0. The third kappa shape index (κ3) is 22.6. The van der Waals surface area contributed by atoms with E-state index in [0.29, 0.717) is 79.3 Å². The van der Waals surface area contributed by atoms with Crippen molar-refractivity contribution in [1.29, 1.82) is 0 Å². The standard InChI is InChI=1S/C27H56O14/c1-29-10-22(30-2)12-37-14-24(32-4)16-39-18-26(34-6)20-41-21-27(35-7)19-40-17-25(33-5)15-38-13-23(31-3)11-36-9-8-28/h22-28H,8-21H2,1-7H3. The Hall–Kier alpha value is -0.560. The fraction of sp³-hybridized carbons (Fsp3) is 1.00. The first kappa shape index (κ1) is 40.4. The average molecular weight is 605 g/mol. The average Bonchev–Trinajstić information content (AvgIpc) is 3.00. The predicted octanol–water partition coefficient (Wildman–Crippen LogP) is -0.185. The van der Waals surface area contributed by atoms with Crippen molar-refractivity contribution >= 4 is 0 Å². The highest BCUT2D eigenvalue weighted by molar-refractivity contribution is 4.63. The molecule has 0 bridgehead atoms. The van der Waals surface area contributed by atoms with E-state index in [1.54, 1.807) is 49.8 Å². The monoisotopic (exact) mass is 604 g/mol. The number of hydrogen-bond donors (Lipinski definition) is 1. The summed E-state index contributed by atoms with van der Waals surface area (Å²) in [6, 6.07) is 0. The molecular weight excluding hydrogens is 548 g/mol. The molecule has 0 rings (SSSR count). The minimum atomic E-state index is -0.266. The molecule has 41 heavy (non-hydrogen) atoms. The quantitative estimate of drug-likeness (QED) is 0.101. The van der Waals surface area contributed by atoms with Gasteiger partial charge in [-0.15, -0.1) is 0 Å². The molecular formula is C27H56O14. The van der Waals surface area contributed by atoms with Gasteiger partial charge in [-0.2, -0.15) is 0 Å². The number of rotatable bonds is 32. The van der Waals surface area contributed by atoms with Crippen LogP contribution in [-0.2, 0) is 61.6 Å². The summed E-state index contributed by atoms with van der Waals surface area (Å²) < 4.78 is 71.4. The first-order valence-electron chi connectivity index (χ1n) is 13.7. The van der Waals surface area contributed by atoms with Crippen molar-refractivity contribution in [2.45, 2.75) is 36.6 Å². The summed E-state index contributed by atoms with van der Waals surface area (Å²) in [6.45, 7) is 4.45. The maximum atomic E-state index is 8.79. The molecule has 0 fully saturated rings. The van der Waals surface area contributed by atoms with Crippen LogP contribution in [0.5, 0.6) is 0 Å². The maximum Gasteiger partial charge on any atom is 0.104 e. The molecule has 0 heterocycles. The zero-order chi connectivity index (χ0) is 30.6. The smallest absolute Gasteiger partial charge is 0.104 e. The van der Waals surface area contributed by atoms with Gasteiger partial charge in [0, 0.05) is 49.8 Å². The van der Waals surface area contributed by atoms with Crippen molar-refractivity contribution in [2.75, 3.05) is 142 Å². The number of aliphatic hydroxyl groups is 1. The molecule has 248 valence electrons. The van der Waals surface area contributed by atoms with Crippen LogP contribution in [-0.4, -0.2) is 184 Å². The number of ether oxygens (including phenoxy) is 13. The van der Waals surface area contributed by atoms with Gasteiger partial charge in [-0.25, -0.2) is 0 Å². The molecule has 0 aliphatic heterocycles. The van der Waals surface area contributed by atoms with Crippen LogP contribution in [0.2, 0.25) is 0 Å². The van der Waals surface area contributed by atoms with Crippen LogP contribution in [0.15, 0.2) is 0 Å². The Bertz CT molecular complexity index is 532. The molecule has 6 unspecified atom stereocenters. The van der Waals surface area contributed by atoms with E-state index in [1.807, 2.05) is 0 Å². The highest BCUT2D eigenvalue weighted by atomic mass is 16.6. The lowest BCUT2D eigenvalue weighted by atomic mass is 10.3. The summed E-state index contributed by atoms with van der Waals surface area (Å²) in [6.07, 6.45) is -1.37. The largest absolute Gasteiger partial charge is 0.394 e. The van der Waals surface area contributed by atoms with Crippen molar-refractivity contribution in [2.24, 2.45) is 0 Å². The molecule has 0 aliphatic rings. The Labute approximate surface area is 245 Å². The van der Waals surface area contributed by atoms with Crippen molar-refractivity contribution in [1.82, 2.24) is 0 Å². The number of hydrogen-bond acceptors (Lipinski definition) is 14. The fourth-order valence-corrected chi connectivity index (χ4v) is 3.23. The van der Waals surface area contributed by atoms with Gasteiger partial charge in [0.25, 0.3) is 0 Å². The first-order valence-corrected chi connectivity index (χ1v) is 13.7. The highest BCUT2D eigenvalue weighted by Gasteiger charge is 2.17. The molecule has 0 aromatic carbocycles. The second kappa shape index (κ2) is 29.5. The van der Waals surface area contributed by atoms with E-state index in [1.165, 1.54) is 0 Å².